The second-order valence-corrected chi connectivity index (χ2v) is 3.07. The fourth-order valence-electron chi connectivity index (χ4n) is 1.22. The molecule has 0 heterocycles. The van der Waals surface area contributed by atoms with Crippen molar-refractivity contribution in [1.29, 1.82) is 0 Å². The fraction of sp³-hybridized carbons (Fsp3) is 0.625. The minimum absolute atomic E-state index is 0.187. The molecule has 1 fully saturated rings. The highest BCUT2D eigenvalue weighted by Gasteiger charge is 2.31. The molecular formula is C8H13NO. The molecule has 1 saturated carbocycles. The number of carbonyl (C=O) groups excluding carboxylic acids is 1. The lowest BCUT2D eigenvalue weighted by atomic mass is 9.76. The van der Waals surface area contributed by atoms with Crippen LogP contribution in [0, 0.1) is 5.92 Å². The van der Waals surface area contributed by atoms with E-state index >= 15 is 0 Å². The minimum atomic E-state index is 0.187. The number of hydrogen-bond acceptors (Lipinski definition) is 2. The van der Waals surface area contributed by atoms with Crippen LogP contribution in [0.15, 0.2) is 12.2 Å². The lowest BCUT2D eigenvalue weighted by molar-refractivity contribution is -0.121. The van der Waals surface area contributed by atoms with Gasteiger partial charge in [-0.3, -0.25) is 4.79 Å². The number of ketones is 1. The Morgan fingerprint density at radius 1 is 1.60 bits per heavy atom. The Labute approximate surface area is 61.1 Å². The van der Waals surface area contributed by atoms with Crippen LogP contribution in [-0.2, 0) is 4.79 Å². The Balaban J connectivity index is 2.38. The number of hydrogen-bond donors (Lipinski definition) is 1. The third-order valence-electron chi connectivity index (χ3n) is 1.97. The fourth-order valence-corrected chi connectivity index (χ4v) is 1.22. The van der Waals surface area contributed by atoms with Crippen molar-refractivity contribution >= 4 is 5.78 Å². The Hall–Kier alpha value is -0.630. The van der Waals surface area contributed by atoms with Crippen molar-refractivity contribution in [2.75, 3.05) is 0 Å². The molecule has 0 unspecified atom stereocenters. The summed E-state index contributed by atoms with van der Waals surface area (Å²) in [6, 6.07) is 0.258. The van der Waals surface area contributed by atoms with E-state index in [1.54, 1.807) is 6.92 Å². The molecule has 0 aromatic rings. The van der Waals surface area contributed by atoms with Crippen LogP contribution in [0.1, 0.15) is 19.8 Å². The molecule has 0 amide bonds. The summed E-state index contributed by atoms with van der Waals surface area (Å²) >= 11 is 0. The number of nitrogens with two attached hydrogens (primary N) is 1. The largest absolute Gasteiger partial charge is 0.328 e. The van der Waals surface area contributed by atoms with Gasteiger partial charge in [-0.1, -0.05) is 6.58 Å². The lowest BCUT2D eigenvalue weighted by Crippen LogP contribution is -2.40. The zero-order valence-electron chi connectivity index (χ0n) is 6.26. The third-order valence-corrected chi connectivity index (χ3v) is 1.97. The Kier molecular flexibility index (Phi) is 1.90. The van der Waals surface area contributed by atoms with E-state index in [2.05, 4.69) is 6.58 Å². The number of carbonyl (C=O) groups is 1. The SMILES string of the molecule is C=C(C)C(=O)C1CC(N)C1. The van der Waals surface area contributed by atoms with Gasteiger partial charge in [0.25, 0.3) is 0 Å². The standard InChI is InChI=1S/C8H13NO/c1-5(2)8(10)6-3-7(9)4-6/h6-7H,1,3-4,9H2,2H3. The molecule has 1 rings (SSSR count). The normalized spacial score (nSPS) is 31.0. The van der Waals surface area contributed by atoms with Crippen molar-refractivity contribution in [2.24, 2.45) is 11.7 Å². The lowest BCUT2D eigenvalue weighted by Gasteiger charge is -2.30. The third kappa shape index (κ3) is 1.27. The molecule has 10 heavy (non-hydrogen) atoms. The molecule has 0 radical (unpaired) electrons. The van der Waals surface area contributed by atoms with Crippen LogP contribution in [0.3, 0.4) is 0 Å². The summed E-state index contributed by atoms with van der Waals surface area (Å²) < 4.78 is 0. The van der Waals surface area contributed by atoms with E-state index in [4.69, 9.17) is 5.73 Å². The first-order valence-electron chi connectivity index (χ1n) is 3.56. The summed E-state index contributed by atoms with van der Waals surface area (Å²) in [5, 5.41) is 0. The van der Waals surface area contributed by atoms with E-state index in [0.29, 0.717) is 5.57 Å². The van der Waals surface area contributed by atoms with Crippen molar-refractivity contribution in [3.63, 3.8) is 0 Å². The molecule has 1 aliphatic rings. The van der Waals surface area contributed by atoms with Gasteiger partial charge in [0, 0.05) is 12.0 Å². The summed E-state index contributed by atoms with van der Waals surface area (Å²) in [4.78, 5) is 11.1. The van der Waals surface area contributed by atoms with Crippen LogP contribution in [-0.4, -0.2) is 11.8 Å². The van der Waals surface area contributed by atoms with E-state index in [1.165, 1.54) is 0 Å². The van der Waals surface area contributed by atoms with Crippen molar-refractivity contribution in [3.05, 3.63) is 12.2 Å². The highest BCUT2D eigenvalue weighted by atomic mass is 16.1. The molecule has 1 aliphatic carbocycles. The van der Waals surface area contributed by atoms with Crippen LogP contribution in [0.2, 0.25) is 0 Å². The Morgan fingerprint density at radius 3 is 2.40 bits per heavy atom. The van der Waals surface area contributed by atoms with Crippen LogP contribution in [0.4, 0.5) is 0 Å². The maximum atomic E-state index is 11.1. The van der Waals surface area contributed by atoms with Crippen molar-refractivity contribution in [3.8, 4) is 0 Å². The molecule has 0 bridgehead atoms. The summed E-state index contributed by atoms with van der Waals surface area (Å²) in [7, 11) is 0. The molecule has 0 aromatic carbocycles. The van der Waals surface area contributed by atoms with Crippen LogP contribution in [0.5, 0.6) is 0 Å². The van der Waals surface area contributed by atoms with E-state index < -0.39 is 0 Å². The zero-order chi connectivity index (χ0) is 7.72. The van der Waals surface area contributed by atoms with Gasteiger partial charge in [0.05, 0.1) is 0 Å². The molecule has 0 atom stereocenters. The maximum absolute atomic E-state index is 11.1. The van der Waals surface area contributed by atoms with Crippen LogP contribution in [0.25, 0.3) is 0 Å². The first-order valence-corrected chi connectivity index (χ1v) is 3.56. The van der Waals surface area contributed by atoms with Gasteiger partial charge in [0.15, 0.2) is 5.78 Å². The summed E-state index contributed by atoms with van der Waals surface area (Å²) in [5.41, 5.74) is 6.19. The van der Waals surface area contributed by atoms with Crippen molar-refractivity contribution < 1.29 is 4.79 Å². The topological polar surface area (TPSA) is 43.1 Å². The van der Waals surface area contributed by atoms with Crippen LogP contribution < -0.4 is 5.73 Å². The van der Waals surface area contributed by atoms with Gasteiger partial charge in [-0.05, 0) is 25.3 Å². The summed E-state index contributed by atoms with van der Waals surface area (Å²) in [5.74, 6) is 0.384. The van der Waals surface area contributed by atoms with E-state index in [1.807, 2.05) is 0 Å². The molecule has 0 aliphatic heterocycles. The monoisotopic (exact) mass is 139 g/mol. The van der Waals surface area contributed by atoms with E-state index in [0.717, 1.165) is 12.8 Å². The zero-order valence-corrected chi connectivity index (χ0v) is 6.26. The number of allylic oxidation sites excluding steroid dienone is 1. The van der Waals surface area contributed by atoms with Crippen LogP contribution >= 0.6 is 0 Å². The number of Topliss-reactive ketones (excluding diaryl/α,β-unsaturated/α-hetero) is 1. The van der Waals surface area contributed by atoms with Crippen molar-refractivity contribution in [2.45, 2.75) is 25.8 Å². The molecule has 2 heteroatoms. The molecule has 0 aromatic heterocycles. The van der Waals surface area contributed by atoms with Gasteiger partial charge in [-0.2, -0.15) is 0 Å². The van der Waals surface area contributed by atoms with Crippen molar-refractivity contribution in [1.82, 2.24) is 0 Å². The van der Waals surface area contributed by atoms with Gasteiger partial charge in [0.2, 0.25) is 0 Å². The molecular weight excluding hydrogens is 126 g/mol. The number of rotatable bonds is 2. The predicted molar refractivity (Wildman–Crippen MR) is 40.5 cm³/mol. The minimum Gasteiger partial charge on any atom is -0.328 e. The predicted octanol–water partition coefficient (Wildman–Crippen LogP) is 0.869. The van der Waals surface area contributed by atoms with Gasteiger partial charge in [0.1, 0.15) is 0 Å². The smallest absolute Gasteiger partial charge is 0.161 e. The molecule has 2 N–H and O–H groups in total. The van der Waals surface area contributed by atoms with E-state index in [9.17, 15) is 4.79 Å². The first kappa shape index (κ1) is 7.48. The van der Waals surface area contributed by atoms with Gasteiger partial charge < -0.3 is 5.73 Å². The average molecular weight is 139 g/mol. The van der Waals surface area contributed by atoms with E-state index in [-0.39, 0.29) is 17.7 Å². The summed E-state index contributed by atoms with van der Waals surface area (Å²) in [6.07, 6.45) is 1.71. The van der Waals surface area contributed by atoms with Gasteiger partial charge in [-0.25, -0.2) is 0 Å². The molecule has 0 spiro atoms. The molecule has 2 nitrogen and oxygen atoms in total. The molecule has 0 saturated heterocycles. The maximum Gasteiger partial charge on any atom is 0.161 e. The molecule has 56 valence electrons. The first-order chi connectivity index (χ1) is 4.61. The summed E-state index contributed by atoms with van der Waals surface area (Å²) in [6.45, 7) is 5.35. The van der Waals surface area contributed by atoms with Gasteiger partial charge >= 0.3 is 0 Å². The highest BCUT2D eigenvalue weighted by molar-refractivity contribution is 5.96. The van der Waals surface area contributed by atoms with Gasteiger partial charge in [-0.15, -0.1) is 0 Å². The highest BCUT2D eigenvalue weighted by Crippen LogP contribution is 2.27. The second kappa shape index (κ2) is 2.54. The quantitative estimate of drug-likeness (QED) is 0.577. The average Bonchev–Trinajstić information content (AvgIpc) is 1.79. The Morgan fingerprint density at radius 2 is 2.10 bits per heavy atom. The second-order valence-electron chi connectivity index (χ2n) is 3.07. The Bertz CT molecular complexity index is 168.